The van der Waals surface area contributed by atoms with Gasteiger partial charge in [-0.15, -0.1) is 0 Å². The lowest BCUT2D eigenvalue weighted by Crippen LogP contribution is -2.50. The Bertz CT molecular complexity index is 717. The highest BCUT2D eigenvalue weighted by Crippen LogP contribution is 2.38. The van der Waals surface area contributed by atoms with Gasteiger partial charge >= 0.3 is 0 Å². The fourth-order valence-electron chi connectivity index (χ4n) is 3.04. The number of halogens is 2. The van der Waals surface area contributed by atoms with Crippen molar-refractivity contribution in [2.24, 2.45) is 5.73 Å². The topological polar surface area (TPSA) is 55.1 Å². The number of nitrogens with one attached hydrogen (secondary N) is 1. The summed E-state index contributed by atoms with van der Waals surface area (Å²) in [4.78, 5) is 12.2. The van der Waals surface area contributed by atoms with Gasteiger partial charge in [0.1, 0.15) is 5.82 Å². The summed E-state index contributed by atoms with van der Waals surface area (Å²) in [5.41, 5.74) is 8.16. The van der Waals surface area contributed by atoms with Gasteiger partial charge in [0.2, 0.25) is 5.91 Å². The molecule has 126 valence electrons. The van der Waals surface area contributed by atoms with Crippen molar-refractivity contribution >= 4 is 21.8 Å². The minimum Gasteiger partial charge on any atom is -0.352 e. The van der Waals surface area contributed by atoms with Crippen LogP contribution in [0.2, 0.25) is 0 Å². The summed E-state index contributed by atoms with van der Waals surface area (Å²) in [6.45, 7) is 0. The van der Waals surface area contributed by atoms with Crippen LogP contribution in [0.25, 0.3) is 0 Å². The van der Waals surface area contributed by atoms with Crippen LogP contribution < -0.4 is 11.1 Å². The molecule has 24 heavy (non-hydrogen) atoms. The summed E-state index contributed by atoms with van der Waals surface area (Å²) in [5.74, 6) is -0.00468. The van der Waals surface area contributed by atoms with Crippen molar-refractivity contribution in [2.45, 2.75) is 37.3 Å². The molecule has 1 fully saturated rings. The molecule has 5 heteroatoms. The number of carbonyl (C=O) groups is 1. The van der Waals surface area contributed by atoms with E-state index in [1.165, 1.54) is 6.07 Å². The second kappa shape index (κ2) is 7.45. The summed E-state index contributed by atoms with van der Waals surface area (Å²) in [5, 5.41) is 3.01. The third-order valence-corrected chi connectivity index (χ3v) is 5.14. The average molecular weight is 391 g/mol. The average Bonchev–Trinajstić information content (AvgIpc) is 2.54. The lowest BCUT2D eigenvalue weighted by atomic mass is 9.76. The number of nitrogens with two attached hydrogens (primary N) is 1. The van der Waals surface area contributed by atoms with E-state index in [0.717, 1.165) is 24.0 Å². The van der Waals surface area contributed by atoms with Crippen LogP contribution in [0.3, 0.4) is 0 Å². The number of carbonyl (C=O) groups excluding carboxylic acids is 1. The molecule has 1 amide bonds. The van der Waals surface area contributed by atoms with Gasteiger partial charge in [0.15, 0.2) is 0 Å². The standard InChI is InChI=1S/C19H20BrFN2O/c20-16-11-13(6-7-17(16)21)14-9-15(10-14)23-19(24)18(22)8-12-4-2-1-3-5-12/h1-7,11,14-15,18H,8-10,22H2,(H,23,24)/t14?,15?,18-/m1/s1. The van der Waals surface area contributed by atoms with Crippen molar-refractivity contribution in [2.75, 3.05) is 0 Å². The lowest BCUT2D eigenvalue weighted by molar-refractivity contribution is -0.123. The zero-order valence-electron chi connectivity index (χ0n) is 13.2. The number of hydrogen-bond acceptors (Lipinski definition) is 2. The molecule has 0 unspecified atom stereocenters. The quantitative estimate of drug-likeness (QED) is 0.820. The van der Waals surface area contributed by atoms with E-state index in [4.69, 9.17) is 5.73 Å². The predicted octanol–water partition coefficient (Wildman–Crippen LogP) is 3.52. The van der Waals surface area contributed by atoms with Crippen LogP contribution in [0, 0.1) is 5.82 Å². The maximum atomic E-state index is 13.3. The van der Waals surface area contributed by atoms with Gasteiger partial charge in [-0.2, -0.15) is 0 Å². The molecule has 3 N–H and O–H groups in total. The van der Waals surface area contributed by atoms with E-state index in [2.05, 4.69) is 21.2 Å². The minimum absolute atomic E-state index is 0.109. The first-order chi connectivity index (χ1) is 11.5. The Morgan fingerprint density at radius 1 is 1.25 bits per heavy atom. The van der Waals surface area contributed by atoms with Crippen molar-refractivity contribution in [1.82, 2.24) is 5.32 Å². The second-order valence-corrected chi connectivity index (χ2v) is 7.20. The first kappa shape index (κ1) is 17.1. The largest absolute Gasteiger partial charge is 0.352 e. The molecule has 0 aliphatic heterocycles. The zero-order valence-corrected chi connectivity index (χ0v) is 14.8. The molecule has 2 aromatic carbocycles. The Morgan fingerprint density at radius 3 is 2.62 bits per heavy atom. The van der Waals surface area contributed by atoms with Gasteiger partial charge in [0.25, 0.3) is 0 Å². The first-order valence-electron chi connectivity index (χ1n) is 8.07. The molecule has 0 aromatic heterocycles. The number of benzene rings is 2. The summed E-state index contributed by atoms with van der Waals surface area (Å²) >= 11 is 3.21. The Hall–Kier alpha value is -1.72. The molecule has 1 aliphatic carbocycles. The van der Waals surface area contributed by atoms with Gasteiger partial charge in [-0.05, 0) is 64.4 Å². The van der Waals surface area contributed by atoms with Crippen LogP contribution in [-0.2, 0) is 11.2 Å². The van der Waals surface area contributed by atoms with Crippen LogP contribution >= 0.6 is 15.9 Å². The molecule has 1 saturated carbocycles. The molecule has 1 aliphatic rings. The normalized spacial score (nSPS) is 21.0. The van der Waals surface area contributed by atoms with Crippen molar-refractivity contribution in [3.63, 3.8) is 0 Å². The summed E-state index contributed by atoms with van der Waals surface area (Å²) in [7, 11) is 0. The number of hydrogen-bond donors (Lipinski definition) is 2. The molecule has 0 heterocycles. The van der Waals surface area contributed by atoms with Gasteiger partial charge in [0, 0.05) is 6.04 Å². The summed E-state index contributed by atoms with van der Waals surface area (Å²) < 4.78 is 13.8. The Kier molecular flexibility index (Phi) is 5.31. The van der Waals surface area contributed by atoms with E-state index in [0.29, 0.717) is 16.8 Å². The monoisotopic (exact) mass is 390 g/mol. The molecule has 0 bridgehead atoms. The maximum absolute atomic E-state index is 13.3. The predicted molar refractivity (Wildman–Crippen MR) is 96.1 cm³/mol. The SMILES string of the molecule is N[C@H](Cc1ccccc1)C(=O)NC1CC(c2ccc(F)c(Br)c2)C1. The molecule has 0 spiro atoms. The van der Waals surface area contributed by atoms with E-state index < -0.39 is 6.04 Å². The van der Waals surface area contributed by atoms with Crippen molar-refractivity contribution in [3.8, 4) is 0 Å². The van der Waals surface area contributed by atoms with Crippen molar-refractivity contribution in [1.29, 1.82) is 0 Å². The van der Waals surface area contributed by atoms with Crippen LogP contribution in [0.1, 0.15) is 29.9 Å². The number of rotatable bonds is 5. The molecule has 1 atom stereocenters. The third-order valence-electron chi connectivity index (χ3n) is 4.53. The first-order valence-corrected chi connectivity index (χ1v) is 8.87. The van der Waals surface area contributed by atoms with Gasteiger partial charge in [0.05, 0.1) is 10.5 Å². The summed E-state index contributed by atoms with van der Waals surface area (Å²) in [6, 6.07) is 14.5. The van der Waals surface area contributed by atoms with Crippen LogP contribution in [0.15, 0.2) is 53.0 Å². The van der Waals surface area contributed by atoms with E-state index in [1.54, 1.807) is 0 Å². The minimum atomic E-state index is -0.536. The highest BCUT2D eigenvalue weighted by Gasteiger charge is 2.32. The van der Waals surface area contributed by atoms with Gasteiger partial charge in [-0.1, -0.05) is 36.4 Å². The van der Waals surface area contributed by atoms with Gasteiger partial charge in [-0.3, -0.25) is 4.79 Å². The lowest BCUT2D eigenvalue weighted by Gasteiger charge is -2.36. The molecule has 0 radical (unpaired) electrons. The van der Waals surface area contributed by atoms with E-state index in [1.807, 2.05) is 42.5 Å². The molecule has 0 saturated heterocycles. The fourth-order valence-corrected chi connectivity index (χ4v) is 3.44. The maximum Gasteiger partial charge on any atom is 0.237 e. The van der Waals surface area contributed by atoms with Crippen LogP contribution in [0.4, 0.5) is 4.39 Å². The highest BCUT2D eigenvalue weighted by molar-refractivity contribution is 9.10. The van der Waals surface area contributed by atoms with E-state index >= 15 is 0 Å². The molecular formula is C19H20BrFN2O. The van der Waals surface area contributed by atoms with Crippen LogP contribution in [0.5, 0.6) is 0 Å². The number of amides is 1. The summed E-state index contributed by atoms with van der Waals surface area (Å²) in [6.07, 6.45) is 2.26. The Balaban J connectivity index is 1.48. The highest BCUT2D eigenvalue weighted by atomic mass is 79.9. The molecule has 3 nitrogen and oxygen atoms in total. The smallest absolute Gasteiger partial charge is 0.237 e. The Morgan fingerprint density at radius 2 is 1.96 bits per heavy atom. The van der Waals surface area contributed by atoms with E-state index in [-0.39, 0.29) is 17.8 Å². The molecule has 2 aromatic rings. The van der Waals surface area contributed by atoms with Gasteiger partial charge < -0.3 is 11.1 Å². The van der Waals surface area contributed by atoms with Crippen molar-refractivity contribution in [3.05, 3.63) is 69.9 Å². The van der Waals surface area contributed by atoms with E-state index in [9.17, 15) is 9.18 Å². The third kappa shape index (κ3) is 4.02. The molecule has 3 rings (SSSR count). The van der Waals surface area contributed by atoms with Gasteiger partial charge in [-0.25, -0.2) is 4.39 Å². The molecular weight excluding hydrogens is 371 g/mol. The second-order valence-electron chi connectivity index (χ2n) is 6.34. The van der Waals surface area contributed by atoms with Crippen molar-refractivity contribution < 1.29 is 9.18 Å². The van der Waals surface area contributed by atoms with Crippen LogP contribution in [-0.4, -0.2) is 18.0 Å². The Labute approximate surface area is 149 Å². The zero-order chi connectivity index (χ0) is 17.1. The fraction of sp³-hybridized carbons (Fsp3) is 0.316.